The third kappa shape index (κ3) is 5.09. The molecule has 0 spiro atoms. The molecular weight excluding hydrogens is 160 g/mol. The van der Waals surface area contributed by atoms with Crippen LogP contribution in [0.3, 0.4) is 0 Å². The van der Waals surface area contributed by atoms with Gasteiger partial charge in [-0.1, -0.05) is 0 Å². The molecule has 0 bridgehead atoms. The van der Waals surface area contributed by atoms with E-state index in [9.17, 15) is 0 Å². The van der Waals surface area contributed by atoms with E-state index >= 15 is 0 Å². The van der Waals surface area contributed by atoms with Crippen molar-refractivity contribution in [2.75, 3.05) is 13.7 Å². The predicted octanol–water partition coefficient (Wildman–Crippen LogP) is 0.947. The maximum absolute atomic E-state index is 8.95. The molecule has 1 heterocycles. The van der Waals surface area contributed by atoms with Gasteiger partial charge in [0.1, 0.15) is 0 Å². The molecule has 1 unspecified atom stereocenters. The molecule has 0 N–H and O–H groups in total. The normalized spacial score (nSPS) is 25.5. The standard InChI is InChI=1S/C6H12O2.C2H4O2/c1-5-4-7-6(2,3)8-5;1-4-2-3/h5H,4H2,1-3H3;2H,1H3. The fraction of sp³-hybridized carbons (Fsp3) is 0.875. The Kier molecular flexibility index (Phi) is 4.85. The Labute approximate surface area is 72.8 Å². The van der Waals surface area contributed by atoms with E-state index in [0.717, 1.165) is 6.61 Å². The Morgan fingerprint density at radius 2 is 2.08 bits per heavy atom. The average Bonchev–Trinajstić information content (AvgIpc) is 2.30. The second kappa shape index (κ2) is 5.11. The molecule has 72 valence electrons. The Morgan fingerprint density at radius 1 is 1.58 bits per heavy atom. The lowest BCUT2D eigenvalue weighted by atomic mass is 10.4. The maximum Gasteiger partial charge on any atom is 0.292 e. The van der Waals surface area contributed by atoms with Gasteiger partial charge < -0.3 is 14.2 Å². The number of hydrogen-bond donors (Lipinski definition) is 0. The molecule has 1 rings (SSSR count). The van der Waals surface area contributed by atoms with Crippen molar-refractivity contribution in [3.8, 4) is 0 Å². The van der Waals surface area contributed by atoms with Crippen LogP contribution in [0.4, 0.5) is 0 Å². The van der Waals surface area contributed by atoms with Gasteiger partial charge in [-0.3, -0.25) is 4.79 Å². The van der Waals surface area contributed by atoms with Gasteiger partial charge in [-0.25, -0.2) is 0 Å². The minimum atomic E-state index is -0.334. The summed E-state index contributed by atoms with van der Waals surface area (Å²) in [6.45, 7) is 6.97. The fourth-order valence-corrected chi connectivity index (χ4v) is 0.871. The summed E-state index contributed by atoms with van der Waals surface area (Å²) < 4.78 is 14.4. The number of ether oxygens (including phenoxy) is 3. The van der Waals surface area contributed by atoms with Crippen LogP contribution in [0, 0.1) is 0 Å². The van der Waals surface area contributed by atoms with Gasteiger partial charge in [-0.2, -0.15) is 0 Å². The smallest absolute Gasteiger partial charge is 0.292 e. The van der Waals surface area contributed by atoms with Crippen LogP contribution in [-0.2, 0) is 19.0 Å². The van der Waals surface area contributed by atoms with E-state index in [1.807, 2.05) is 20.8 Å². The Bertz CT molecular complexity index is 133. The molecule has 4 heteroatoms. The summed E-state index contributed by atoms with van der Waals surface area (Å²) in [6.07, 6.45) is 0.269. The summed E-state index contributed by atoms with van der Waals surface area (Å²) in [7, 11) is 1.31. The zero-order valence-electron chi connectivity index (χ0n) is 7.99. The highest BCUT2D eigenvalue weighted by Crippen LogP contribution is 2.21. The highest BCUT2D eigenvalue weighted by Gasteiger charge is 2.29. The van der Waals surface area contributed by atoms with Crippen LogP contribution < -0.4 is 0 Å². The van der Waals surface area contributed by atoms with E-state index in [4.69, 9.17) is 14.3 Å². The molecule has 1 fully saturated rings. The molecule has 0 aromatic rings. The van der Waals surface area contributed by atoms with Crippen LogP contribution in [0.1, 0.15) is 20.8 Å². The highest BCUT2D eigenvalue weighted by molar-refractivity contribution is 5.36. The first-order chi connectivity index (χ1) is 5.52. The maximum atomic E-state index is 8.95. The molecule has 0 amide bonds. The second-order valence-electron chi connectivity index (χ2n) is 2.97. The van der Waals surface area contributed by atoms with Gasteiger partial charge in [0, 0.05) is 0 Å². The number of carbonyl (C=O) groups is 1. The number of rotatable bonds is 1. The molecule has 1 aliphatic heterocycles. The van der Waals surface area contributed by atoms with Gasteiger partial charge in [0.2, 0.25) is 0 Å². The first kappa shape index (κ1) is 11.4. The Hall–Kier alpha value is -0.610. The molecule has 12 heavy (non-hydrogen) atoms. The van der Waals surface area contributed by atoms with Crippen molar-refractivity contribution in [1.29, 1.82) is 0 Å². The number of hydrogen-bond acceptors (Lipinski definition) is 4. The predicted molar refractivity (Wildman–Crippen MR) is 43.7 cm³/mol. The van der Waals surface area contributed by atoms with Crippen LogP contribution >= 0.6 is 0 Å². The zero-order valence-corrected chi connectivity index (χ0v) is 7.99. The van der Waals surface area contributed by atoms with Crippen LogP contribution in [0.2, 0.25) is 0 Å². The summed E-state index contributed by atoms with van der Waals surface area (Å²) in [5.74, 6) is -0.334. The van der Waals surface area contributed by atoms with Crippen LogP contribution in [0.5, 0.6) is 0 Å². The molecule has 0 saturated carbocycles. The van der Waals surface area contributed by atoms with Gasteiger partial charge in [-0.05, 0) is 20.8 Å². The summed E-state index contributed by atoms with van der Waals surface area (Å²) in [6, 6.07) is 0. The topological polar surface area (TPSA) is 44.8 Å². The SMILES string of the molecule is CC1COC(C)(C)O1.COC=O. The number of carbonyl (C=O) groups excluding carboxylic acids is 1. The third-order valence-electron chi connectivity index (χ3n) is 1.25. The van der Waals surface area contributed by atoms with Crippen LogP contribution in [0.25, 0.3) is 0 Å². The lowest BCUT2D eigenvalue weighted by Crippen LogP contribution is -2.20. The monoisotopic (exact) mass is 176 g/mol. The van der Waals surface area contributed by atoms with E-state index in [2.05, 4.69) is 4.74 Å². The fourth-order valence-electron chi connectivity index (χ4n) is 0.871. The molecule has 0 aromatic heterocycles. The second-order valence-corrected chi connectivity index (χ2v) is 2.97. The van der Waals surface area contributed by atoms with E-state index in [-0.39, 0.29) is 11.9 Å². The van der Waals surface area contributed by atoms with Gasteiger partial charge >= 0.3 is 0 Å². The van der Waals surface area contributed by atoms with Crippen molar-refractivity contribution in [3.05, 3.63) is 0 Å². The van der Waals surface area contributed by atoms with Gasteiger partial charge in [0.25, 0.3) is 6.47 Å². The molecule has 4 nitrogen and oxygen atoms in total. The zero-order chi connectivity index (χ0) is 9.61. The molecule has 1 saturated heterocycles. The minimum absolute atomic E-state index is 0.269. The van der Waals surface area contributed by atoms with Crippen LogP contribution in [0.15, 0.2) is 0 Å². The van der Waals surface area contributed by atoms with Crippen molar-refractivity contribution >= 4 is 6.47 Å². The lowest BCUT2D eigenvalue weighted by Gasteiger charge is -2.15. The molecule has 1 atom stereocenters. The highest BCUT2D eigenvalue weighted by atomic mass is 16.7. The van der Waals surface area contributed by atoms with Gasteiger partial charge in [0.05, 0.1) is 19.8 Å². The molecular formula is C8H16O4. The molecule has 0 radical (unpaired) electrons. The summed E-state index contributed by atoms with van der Waals surface area (Å²) in [4.78, 5) is 8.95. The van der Waals surface area contributed by atoms with E-state index < -0.39 is 0 Å². The molecule has 1 aliphatic rings. The van der Waals surface area contributed by atoms with Gasteiger partial charge in [0.15, 0.2) is 5.79 Å². The van der Waals surface area contributed by atoms with Crippen LogP contribution in [-0.4, -0.2) is 32.1 Å². The average molecular weight is 176 g/mol. The van der Waals surface area contributed by atoms with E-state index in [0.29, 0.717) is 6.47 Å². The van der Waals surface area contributed by atoms with Crippen molar-refractivity contribution < 1.29 is 19.0 Å². The van der Waals surface area contributed by atoms with E-state index in [1.165, 1.54) is 7.11 Å². The molecule has 0 aliphatic carbocycles. The Balaban J connectivity index is 0.000000261. The summed E-state index contributed by atoms with van der Waals surface area (Å²) in [5, 5.41) is 0. The minimum Gasteiger partial charge on any atom is -0.471 e. The van der Waals surface area contributed by atoms with E-state index in [1.54, 1.807) is 0 Å². The lowest BCUT2D eigenvalue weighted by molar-refractivity contribution is -0.136. The van der Waals surface area contributed by atoms with Crippen molar-refractivity contribution in [3.63, 3.8) is 0 Å². The third-order valence-corrected chi connectivity index (χ3v) is 1.25. The quantitative estimate of drug-likeness (QED) is 0.558. The Morgan fingerprint density at radius 3 is 2.17 bits per heavy atom. The van der Waals surface area contributed by atoms with Crippen molar-refractivity contribution in [2.45, 2.75) is 32.7 Å². The molecule has 0 aromatic carbocycles. The largest absolute Gasteiger partial charge is 0.471 e. The van der Waals surface area contributed by atoms with Crippen molar-refractivity contribution in [2.24, 2.45) is 0 Å². The summed E-state index contributed by atoms with van der Waals surface area (Å²) >= 11 is 0. The van der Waals surface area contributed by atoms with Crippen molar-refractivity contribution in [1.82, 2.24) is 0 Å². The number of methoxy groups -OCH3 is 1. The summed E-state index contributed by atoms with van der Waals surface area (Å²) in [5.41, 5.74) is 0. The van der Waals surface area contributed by atoms with Gasteiger partial charge in [-0.15, -0.1) is 0 Å². The first-order valence-corrected chi connectivity index (χ1v) is 3.80. The first-order valence-electron chi connectivity index (χ1n) is 3.80.